The molecule has 6 nitrogen and oxygen atoms in total. The Hall–Kier alpha value is -1.77. The highest BCUT2D eigenvalue weighted by Gasteiger charge is 2.20. The number of nitrogens with one attached hydrogen (secondary N) is 1. The van der Waals surface area contributed by atoms with E-state index >= 15 is 0 Å². The zero-order chi connectivity index (χ0) is 17.2. The molecule has 0 bridgehead atoms. The van der Waals surface area contributed by atoms with Gasteiger partial charge in [0.1, 0.15) is 9.96 Å². The van der Waals surface area contributed by atoms with Crippen LogP contribution in [0, 0.1) is 6.92 Å². The van der Waals surface area contributed by atoms with Crippen molar-refractivity contribution in [3.8, 4) is 5.75 Å². The number of thiophene rings is 1. The van der Waals surface area contributed by atoms with E-state index in [4.69, 9.17) is 9.47 Å². The number of methoxy groups -OCH3 is 1. The van der Waals surface area contributed by atoms with Gasteiger partial charge in [0, 0.05) is 23.7 Å². The molecule has 1 N–H and O–H groups in total. The van der Waals surface area contributed by atoms with Gasteiger partial charge in [-0.25, -0.2) is 8.42 Å². The Kier molecular flexibility index (Phi) is 4.98. The molecule has 1 aromatic heterocycles. The maximum Gasteiger partial charge on any atom is 0.271 e. The lowest BCUT2D eigenvalue weighted by Crippen LogP contribution is -2.36. The van der Waals surface area contributed by atoms with E-state index in [2.05, 4.69) is 9.62 Å². The number of ether oxygens (including phenoxy) is 2. The molecule has 24 heavy (non-hydrogen) atoms. The summed E-state index contributed by atoms with van der Waals surface area (Å²) in [5.41, 5.74) is 1.38. The monoisotopic (exact) mass is 368 g/mol. The summed E-state index contributed by atoms with van der Waals surface area (Å²) in [6.45, 7) is 4.78. The SMILES string of the molecule is COc1ccc(N2CCOCC2)cc1NS(=O)(=O)c1ccc(C)s1. The van der Waals surface area contributed by atoms with Gasteiger partial charge in [0.25, 0.3) is 10.0 Å². The van der Waals surface area contributed by atoms with Crippen molar-refractivity contribution in [2.24, 2.45) is 0 Å². The van der Waals surface area contributed by atoms with Crippen LogP contribution in [0.5, 0.6) is 5.75 Å². The molecule has 0 saturated carbocycles. The minimum atomic E-state index is -3.63. The molecule has 0 aliphatic carbocycles. The van der Waals surface area contributed by atoms with Crippen LogP contribution in [0.3, 0.4) is 0 Å². The maximum atomic E-state index is 12.6. The van der Waals surface area contributed by atoms with E-state index in [1.54, 1.807) is 18.2 Å². The molecule has 0 radical (unpaired) electrons. The number of rotatable bonds is 5. The fourth-order valence-electron chi connectivity index (χ4n) is 2.55. The second-order valence-electron chi connectivity index (χ2n) is 5.45. The maximum absolute atomic E-state index is 12.6. The molecule has 0 amide bonds. The number of hydrogen-bond acceptors (Lipinski definition) is 6. The van der Waals surface area contributed by atoms with Crippen molar-refractivity contribution in [3.05, 3.63) is 35.2 Å². The molecule has 1 aromatic carbocycles. The van der Waals surface area contributed by atoms with Gasteiger partial charge in [-0.05, 0) is 37.3 Å². The summed E-state index contributed by atoms with van der Waals surface area (Å²) in [6.07, 6.45) is 0. The average Bonchev–Trinajstić information content (AvgIpc) is 3.03. The van der Waals surface area contributed by atoms with E-state index in [1.807, 2.05) is 19.1 Å². The van der Waals surface area contributed by atoms with Crippen LogP contribution < -0.4 is 14.4 Å². The molecule has 8 heteroatoms. The minimum absolute atomic E-state index is 0.291. The Bertz CT molecular complexity index is 811. The van der Waals surface area contributed by atoms with Crippen LogP contribution in [0.1, 0.15) is 4.88 Å². The quantitative estimate of drug-likeness (QED) is 0.879. The third-order valence-corrected chi connectivity index (χ3v) is 6.64. The number of nitrogens with zero attached hydrogens (tertiary/aromatic N) is 1. The van der Waals surface area contributed by atoms with Crippen LogP contribution in [-0.2, 0) is 14.8 Å². The van der Waals surface area contributed by atoms with E-state index in [9.17, 15) is 8.42 Å². The molecule has 3 rings (SSSR count). The first-order chi connectivity index (χ1) is 11.5. The van der Waals surface area contributed by atoms with Gasteiger partial charge in [-0.15, -0.1) is 11.3 Å². The summed E-state index contributed by atoms with van der Waals surface area (Å²) >= 11 is 1.24. The number of benzene rings is 1. The van der Waals surface area contributed by atoms with Crippen LogP contribution in [0.25, 0.3) is 0 Å². The first-order valence-corrected chi connectivity index (χ1v) is 9.89. The average molecular weight is 368 g/mol. The van der Waals surface area contributed by atoms with Crippen molar-refractivity contribution in [2.75, 3.05) is 43.0 Å². The van der Waals surface area contributed by atoms with Crippen molar-refractivity contribution >= 4 is 32.7 Å². The van der Waals surface area contributed by atoms with Gasteiger partial charge in [0.05, 0.1) is 26.0 Å². The molecule has 0 spiro atoms. The Morgan fingerprint density at radius 2 is 1.96 bits per heavy atom. The third-order valence-electron chi connectivity index (χ3n) is 3.78. The summed E-state index contributed by atoms with van der Waals surface area (Å²) < 4.78 is 38.8. The zero-order valence-corrected chi connectivity index (χ0v) is 15.2. The van der Waals surface area contributed by atoms with Crippen molar-refractivity contribution in [3.63, 3.8) is 0 Å². The highest BCUT2D eigenvalue weighted by atomic mass is 32.2. The van der Waals surface area contributed by atoms with Gasteiger partial charge in [0.2, 0.25) is 0 Å². The number of anilines is 2. The second kappa shape index (κ2) is 7.00. The third kappa shape index (κ3) is 3.66. The normalized spacial score (nSPS) is 15.3. The van der Waals surface area contributed by atoms with Gasteiger partial charge in [-0.3, -0.25) is 4.72 Å². The second-order valence-corrected chi connectivity index (χ2v) is 8.65. The van der Waals surface area contributed by atoms with E-state index in [-0.39, 0.29) is 0 Å². The minimum Gasteiger partial charge on any atom is -0.495 e. The van der Waals surface area contributed by atoms with E-state index in [0.29, 0.717) is 28.9 Å². The lowest BCUT2D eigenvalue weighted by molar-refractivity contribution is 0.122. The lowest BCUT2D eigenvalue weighted by Gasteiger charge is -2.29. The van der Waals surface area contributed by atoms with Gasteiger partial charge in [-0.2, -0.15) is 0 Å². The summed E-state index contributed by atoms with van der Waals surface area (Å²) in [5.74, 6) is 0.490. The molecule has 2 heterocycles. The first kappa shape index (κ1) is 17.1. The van der Waals surface area contributed by atoms with Crippen LogP contribution in [0.4, 0.5) is 11.4 Å². The van der Waals surface area contributed by atoms with E-state index in [0.717, 1.165) is 23.7 Å². The largest absolute Gasteiger partial charge is 0.495 e. The van der Waals surface area contributed by atoms with Crippen LogP contribution in [-0.4, -0.2) is 41.8 Å². The van der Waals surface area contributed by atoms with E-state index < -0.39 is 10.0 Å². The van der Waals surface area contributed by atoms with Gasteiger partial charge < -0.3 is 14.4 Å². The molecular formula is C16H20N2O4S2. The number of aryl methyl sites for hydroxylation is 1. The molecule has 0 atom stereocenters. The van der Waals surface area contributed by atoms with Crippen LogP contribution in [0.15, 0.2) is 34.5 Å². The topological polar surface area (TPSA) is 67.9 Å². The predicted molar refractivity (Wildman–Crippen MR) is 95.9 cm³/mol. The molecular weight excluding hydrogens is 348 g/mol. The molecule has 1 aliphatic heterocycles. The number of morpholine rings is 1. The van der Waals surface area contributed by atoms with Gasteiger partial charge in [0.15, 0.2) is 0 Å². The number of sulfonamides is 1. The standard InChI is InChI=1S/C16H20N2O4S2/c1-12-3-6-16(23-12)24(19,20)17-14-11-13(4-5-15(14)21-2)18-7-9-22-10-8-18/h3-6,11,17H,7-10H2,1-2H3. The smallest absolute Gasteiger partial charge is 0.271 e. The molecule has 1 aliphatic rings. The van der Waals surface area contributed by atoms with Crippen LogP contribution in [0.2, 0.25) is 0 Å². The van der Waals surface area contributed by atoms with Crippen molar-refractivity contribution < 1.29 is 17.9 Å². The van der Waals surface area contributed by atoms with Crippen molar-refractivity contribution in [1.82, 2.24) is 0 Å². The van der Waals surface area contributed by atoms with Crippen molar-refractivity contribution in [1.29, 1.82) is 0 Å². The van der Waals surface area contributed by atoms with Gasteiger partial charge in [-0.1, -0.05) is 0 Å². The molecule has 130 valence electrons. The molecule has 2 aromatic rings. The lowest BCUT2D eigenvalue weighted by atomic mass is 10.2. The number of hydrogen-bond donors (Lipinski definition) is 1. The zero-order valence-electron chi connectivity index (χ0n) is 13.6. The summed E-state index contributed by atoms with van der Waals surface area (Å²) in [4.78, 5) is 3.11. The Balaban J connectivity index is 1.90. The predicted octanol–water partition coefficient (Wildman–Crippen LogP) is 2.70. The van der Waals surface area contributed by atoms with Crippen LogP contribution >= 0.6 is 11.3 Å². The fraction of sp³-hybridized carbons (Fsp3) is 0.375. The Morgan fingerprint density at radius 3 is 2.58 bits per heavy atom. The molecule has 1 saturated heterocycles. The highest BCUT2D eigenvalue weighted by Crippen LogP contribution is 2.33. The van der Waals surface area contributed by atoms with Gasteiger partial charge >= 0.3 is 0 Å². The fourth-order valence-corrected chi connectivity index (χ4v) is 4.89. The van der Waals surface area contributed by atoms with Crippen molar-refractivity contribution in [2.45, 2.75) is 11.1 Å². The summed E-state index contributed by atoms with van der Waals surface area (Å²) in [5, 5.41) is 0. The highest BCUT2D eigenvalue weighted by molar-refractivity contribution is 7.94. The summed E-state index contributed by atoms with van der Waals surface area (Å²) in [6, 6.07) is 8.92. The first-order valence-electron chi connectivity index (χ1n) is 7.59. The summed E-state index contributed by atoms with van der Waals surface area (Å²) in [7, 11) is -2.10. The molecule has 0 unspecified atom stereocenters. The molecule has 1 fully saturated rings. The Morgan fingerprint density at radius 1 is 1.21 bits per heavy atom. The van der Waals surface area contributed by atoms with E-state index in [1.165, 1.54) is 18.4 Å². The Labute approximate surface area is 146 Å².